The van der Waals surface area contributed by atoms with Crippen molar-refractivity contribution in [2.45, 2.75) is 45.8 Å². The number of hydrogen-bond acceptors (Lipinski definition) is 5. The molecule has 0 radical (unpaired) electrons. The molecule has 1 atom stereocenters. The third-order valence-corrected chi connectivity index (χ3v) is 1.61. The molecular formula is C10H16O6. The molecule has 1 N–H and O–H groups in total. The summed E-state index contributed by atoms with van der Waals surface area (Å²) in [6.07, 6.45) is -0.556. The molecule has 0 aliphatic heterocycles. The predicted molar refractivity (Wildman–Crippen MR) is 53.4 cm³/mol. The first-order chi connectivity index (χ1) is 7.49. The Labute approximate surface area is 93.5 Å². The maximum atomic E-state index is 11.1. The molecule has 16 heavy (non-hydrogen) atoms. The summed E-state index contributed by atoms with van der Waals surface area (Å²) < 4.78 is 9.48. The number of rotatable bonds is 7. The Kier molecular flexibility index (Phi) is 6.91. The Morgan fingerprint density at radius 2 is 1.69 bits per heavy atom. The molecule has 0 saturated carbocycles. The van der Waals surface area contributed by atoms with Gasteiger partial charge in [0.25, 0.3) is 0 Å². The zero-order valence-electron chi connectivity index (χ0n) is 9.39. The number of hydrogen-bond donors (Lipinski definition) is 1. The van der Waals surface area contributed by atoms with Gasteiger partial charge in [-0.05, 0) is 6.42 Å². The molecule has 6 heteroatoms. The largest absolute Gasteiger partial charge is 0.481 e. The number of aliphatic carboxylic acids is 1. The van der Waals surface area contributed by atoms with Gasteiger partial charge < -0.3 is 14.6 Å². The highest BCUT2D eigenvalue weighted by Gasteiger charge is 2.18. The minimum atomic E-state index is -1.28. The van der Waals surface area contributed by atoms with E-state index in [1.54, 1.807) is 6.92 Å². The van der Waals surface area contributed by atoms with Crippen LogP contribution < -0.4 is 0 Å². The highest BCUT2D eigenvalue weighted by Crippen LogP contribution is 2.05. The zero-order chi connectivity index (χ0) is 12.6. The van der Waals surface area contributed by atoms with Crippen LogP contribution >= 0.6 is 0 Å². The Bertz CT molecular complexity index is 260. The van der Waals surface area contributed by atoms with Gasteiger partial charge in [-0.1, -0.05) is 13.8 Å². The lowest BCUT2D eigenvalue weighted by Gasteiger charge is -2.15. The second-order valence-corrected chi connectivity index (χ2v) is 3.14. The summed E-state index contributed by atoms with van der Waals surface area (Å²) in [5.41, 5.74) is 0. The number of carbonyl (C=O) groups is 3. The molecule has 0 amide bonds. The monoisotopic (exact) mass is 232 g/mol. The van der Waals surface area contributed by atoms with Gasteiger partial charge in [-0.25, -0.2) is 0 Å². The summed E-state index contributed by atoms with van der Waals surface area (Å²) >= 11 is 0. The molecule has 1 unspecified atom stereocenters. The fraction of sp³-hybridized carbons (Fsp3) is 0.700. The average Bonchev–Trinajstić information content (AvgIpc) is 2.15. The SMILES string of the molecule is CCCC(=O)OC(CC)OC(=O)CC(=O)O. The summed E-state index contributed by atoms with van der Waals surface area (Å²) in [6.45, 7) is 3.48. The predicted octanol–water partition coefficient (Wildman–Crippen LogP) is 1.08. The quantitative estimate of drug-likeness (QED) is 0.401. The molecule has 0 spiro atoms. The standard InChI is InChI=1S/C10H16O6/c1-3-5-8(13)15-10(4-2)16-9(14)6-7(11)12/h10H,3-6H2,1-2H3,(H,11,12). The lowest BCUT2D eigenvalue weighted by Crippen LogP contribution is -2.25. The molecular weight excluding hydrogens is 216 g/mol. The molecule has 0 aromatic rings. The minimum absolute atomic E-state index is 0.243. The van der Waals surface area contributed by atoms with Gasteiger partial charge in [-0.15, -0.1) is 0 Å². The van der Waals surface area contributed by atoms with Crippen molar-refractivity contribution < 1.29 is 29.0 Å². The van der Waals surface area contributed by atoms with Gasteiger partial charge in [-0.3, -0.25) is 14.4 Å². The molecule has 0 aromatic carbocycles. The molecule has 0 rings (SSSR count). The third-order valence-electron chi connectivity index (χ3n) is 1.61. The van der Waals surface area contributed by atoms with Gasteiger partial charge in [0.1, 0.15) is 6.42 Å². The highest BCUT2D eigenvalue weighted by atomic mass is 16.7. The van der Waals surface area contributed by atoms with Crippen LogP contribution in [0.25, 0.3) is 0 Å². The first-order valence-corrected chi connectivity index (χ1v) is 5.10. The molecule has 0 bridgehead atoms. The van der Waals surface area contributed by atoms with E-state index >= 15 is 0 Å². The van der Waals surface area contributed by atoms with Gasteiger partial charge in [0.2, 0.25) is 6.29 Å². The number of carboxylic acids is 1. The van der Waals surface area contributed by atoms with Gasteiger partial charge in [0.05, 0.1) is 0 Å². The van der Waals surface area contributed by atoms with E-state index in [1.807, 2.05) is 6.92 Å². The van der Waals surface area contributed by atoms with Crippen LogP contribution in [0.15, 0.2) is 0 Å². The van der Waals surface area contributed by atoms with Gasteiger partial charge >= 0.3 is 17.9 Å². The van der Waals surface area contributed by atoms with Crippen molar-refractivity contribution in [2.24, 2.45) is 0 Å². The van der Waals surface area contributed by atoms with E-state index in [0.29, 0.717) is 12.8 Å². The van der Waals surface area contributed by atoms with Crippen molar-refractivity contribution in [3.63, 3.8) is 0 Å². The second-order valence-electron chi connectivity index (χ2n) is 3.14. The smallest absolute Gasteiger partial charge is 0.320 e. The lowest BCUT2D eigenvalue weighted by molar-refractivity contribution is -0.188. The van der Waals surface area contributed by atoms with E-state index in [2.05, 4.69) is 4.74 Å². The lowest BCUT2D eigenvalue weighted by atomic mass is 10.3. The second kappa shape index (κ2) is 7.67. The fourth-order valence-corrected chi connectivity index (χ4v) is 0.912. The van der Waals surface area contributed by atoms with Crippen molar-refractivity contribution in [1.29, 1.82) is 0 Å². The Hall–Kier alpha value is -1.59. The molecule has 0 saturated heterocycles. The molecule has 92 valence electrons. The Morgan fingerprint density at radius 3 is 2.12 bits per heavy atom. The van der Waals surface area contributed by atoms with E-state index < -0.39 is 30.6 Å². The maximum absolute atomic E-state index is 11.1. The van der Waals surface area contributed by atoms with E-state index in [0.717, 1.165) is 0 Å². The van der Waals surface area contributed by atoms with Crippen molar-refractivity contribution in [1.82, 2.24) is 0 Å². The van der Waals surface area contributed by atoms with Crippen molar-refractivity contribution in [2.75, 3.05) is 0 Å². The summed E-state index contributed by atoms with van der Waals surface area (Å²) in [6, 6.07) is 0. The van der Waals surface area contributed by atoms with Crippen LogP contribution in [0.1, 0.15) is 39.5 Å². The normalized spacial score (nSPS) is 11.6. The molecule has 0 heterocycles. The van der Waals surface area contributed by atoms with Gasteiger partial charge in [-0.2, -0.15) is 0 Å². The third kappa shape index (κ3) is 6.80. The van der Waals surface area contributed by atoms with E-state index in [4.69, 9.17) is 9.84 Å². The maximum Gasteiger partial charge on any atom is 0.320 e. The van der Waals surface area contributed by atoms with Crippen LogP contribution in [0.3, 0.4) is 0 Å². The molecule has 0 aliphatic rings. The molecule has 0 aliphatic carbocycles. The summed E-state index contributed by atoms with van der Waals surface area (Å²) in [5.74, 6) is -2.65. The highest BCUT2D eigenvalue weighted by molar-refractivity contribution is 5.90. The number of ether oxygens (including phenoxy) is 2. The Morgan fingerprint density at radius 1 is 1.12 bits per heavy atom. The topological polar surface area (TPSA) is 89.9 Å². The molecule has 0 fully saturated rings. The number of carbonyl (C=O) groups excluding carboxylic acids is 2. The number of carboxylic acid groups (broad SMARTS) is 1. The van der Waals surface area contributed by atoms with Crippen molar-refractivity contribution in [3.05, 3.63) is 0 Å². The van der Waals surface area contributed by atoms with Crippen molar-refractivity contribution >= 4 is 17.9 Å². The van der Waals surface area contributed by atoms with Gasteiger partial charge in [0.15, 0.2) is 0 Å². The minimum Gasteiger partial charge on any atom is -0.481 e. The molecule has 6 nitrogen and oxygen atoms in total. The zero-order valence-corrected chi connectivity index (χ0v) is 9.39. The first-order valence-electron chi connectivity index (χ1n) is 5.10. The van der Waals surface area contributed by atoms with Crippen LogP contribution in [0.4, 0.5) is 0 Å². The van der Waals surface area contributed by atoms with E-state index in [9.17, 15) is 14.4 Å². The number of esters is 2. The van der Waals surface area contributed by atoms with Crippen LogP contribution in [0.2, 0.25) is 0 Å². The van der Waals surface area contributed by atoms with Crippen LogP contribution in [0, 0.1) is 0 Å². The summed E-state index contributed by atoms with van der Waals surface area (Å²) in [7, 11) is 0. The fourth-order valence-electron chi connectivity index (χ4n) is 0.912. The van der Waals surface area contributed by atoms with Gasteiger partial charge in [0, 0.05) is 12.8 Å². The first kappa shape index (κ1) is 14.4. The summed E-state index contributed by atoms with van der Waals surface area (Å²) in [4.78, 5) is 32.2. The summed E-state index contributed by atoms with van der Waals surface area (Å²) in [5, 5.41) is 8.33. The average molecular weight is 232 g/mol. The van der Waals surface area contributed by atoms with Crippen LogP contribution in [-0.2, 0) is 23.9 Å². The molecule has 0 aromatic heterocycles. The van der Waals surface area contributed by atoms with E-state index in [-0.39, 0.29) is 6.42 Å². The van der Waals surface area contributed by atoms with E-state index in [1.165, 1.54) is 0 Å². The van der Waals surface area contributed by atoms with Crippen molar-refractivity contribution in [3.8, 4) is 0 Å². The van der Waals surface area contributed by atoms with Crippen LogP contribution in [-0.4, -0.2) is 29.3 Å². The Balaban J connectivity index is 4.04. The van der Waals surface area contributed by atoms with Crippen LogP contribution in [0.5, 0.6) is 0 Å².